The number of hydrogen-bond acceptors (Lipinski definition) is 3. The molecule has 0 amide bonds. The molecule has 0 heterocycles. The van der Waals surface area contributed by atoms with Gasteiger partial charge in [-0.15, -0.1) is 0 Å². The zero-order valence-electron chi connectivity index (χ0n) is 5.89. The third-order valence-electron chi connectivity index (χ3n) is 0.835. The SMILES string of the molecule is CN=C(NC#N)NCCN. The van der Waals surface area contributed by atoms with E-state index in [1.54, 1.807) is 13.2 Å². The van der Waals surface area contributed by atoms with Crippen LogP contribution < -0.4 is 16.4 Å². The minimum absolute atomic E-state index is 0.452. The molecular formula is C5H11N5. The summed E-state index contributed by atoms with van der Waals surface area (Å²) in [6.07, 6.45) is 1.74. The van der Waals surface area contributed by atoms with E-state index >= 15 is 0 Å². The van der Waals surface area contributed by atoms with Crippen molar-refractivity contribution >= 4 is 5.96 Å². The van der Waals surface area contributed by atoms with Crippen molar-refractivity contribution in [2.45, 2.75) is 0 Å². The van der Waals surface area contributed by atoms with Crippen LogP contribution in [0.3, 0.4) is 0 Å². The van der Waals surface area contributed by atoms with Gasteiger partial charge in [0.25, 0.3) is 0 Å². The number of aliphatic imine (C=N–C) groups is 1. The van der Waals surface area contributed by atoms with Crippen molar-refractivity contribution in [2.24, 2.45) is 10.7 Å². The van der Waals surface area contributed by atoms with E-state index in [1.165, 1.54) is 0 Å². The lowest BCUT2D eigenvalue weighted by atomic mass is 10.6. The van der Waals surface area contributed by atoms with Crippen LogP contribution in [0.4, 0.5) is 0 Å². The van der Waals surface area contributed by atoms with Gasteiger partial charge in [-0.2, -0.15) is 5.26 Å². The van der Waals surface area contributed by atoms with Crippen LogP contribution in [0.15, 0.2) is 4.99 Å². The summed E-state index contributed by atoms with van der Waals surface area (Å²) in [5.41, 5.74) is 5.20. The first-order chi connectivity index (χ1) is 4.85. The van der Waals surface area contributed by atoms with Crippen molar-refractivity contribution in [3.63, 3.8) is 0 Å². The Morgan fingerprint density at radius 1 is 1.80 bits per heavy atom. The maximum absolute atomic E-state index is 8.15. The molecule has 0 aliphatic rings. The molecular weight excluding hydrogens is 130 g/mol. The molecule has 10 heavy (non-hydrogen) atoms. The molecule has 0 fully saturated rings. The summed E-state index contributed by atoms with van der Waals surface area (Å²) in [5, 5.41) is 13.3. The van der Waals surface area contributed by atoms with Gasteiger partial charge in [0.1, 0.15) is 0 Å². The fourth-order valence-electron chi connectivity index (χ4n) is 0.423. The molecule has 0 rings (SSSR count). The van der Waals surface area contributed by atoms with E-state index in [0.717, 1.165) is 0 Å². The lowest BCUT2D eigenvalue weighted by molar-refractivity contribution is 0.852. The third-order valence-corrected chi connectivity index (χ3v) is 0.835. The average molecular weight is 141 g/mol. The molecule has 0 aliphatic carbocycles. The number of rotatable bonds is 2. The predicted molar refractivity (Wildman–Crippen MR) is 39.2 cm³/mol. The molecule has 0 radical (unpaired) electrons. The molecule has 0 aromatic heterocycles. The summed E-state index contributed by atoms with van der Waals surface area (Å²) in [5.74, 6) is 0.452. The van der Waals surface area contributed by atoms with Crippen molar-refractivity contribution in [1.82, 2.24) is 10.6 Å². The van der Waals surface area contributed by atoms with Crippen LogP contribution in [0, 0.1) is 11.5 Å². The van der Waals surface area contributed by atoms with Gasteiger partial charge in [-0.05, 0) is 0 Å². The topological polar surface area (TPSA) is 86.2 Å². The smallest absolute Gasteiger partial charge is 0.204 e. The molecule has 0 aromatic rings. The molecule has 0 bridgehead atoms. The van der Waals surface area contributed by atoms with Crippen LogP contribution in [0.2, 0.25) is 0 Å². The van der Waals surface area contributed by atoms with Crippen molar-refractivity contribution in [1.29, 1.82) is 5.26 Å². The summed E-state index contributed by atoms with van der Waals surface area (Å²) in [7, 11) is 1.59. The van der Waals surface area contributed by atoms with Crippen LogP contribution in [-0.4, -0.2) is 26.1 Å². The Labute approximate surface area is 59.9 Å². The highest BCUT2D eigenvalue weighted by Crippen LogP contribution is 1.62. The highest BCUT2D eigenvalue weighted by Gasteiger charge is 1.90. The Morgan fingerprint density at radius 2 is 2.50 bits per heavy atom. The molecule has 56 valence electrons. The average Bonchev–Trinajstić information content (AvgIpc) is 1.98. The Balaban J connectivity index is 3.54. The van der Waals surface area contributed by atoms with Gasteiger partial charge >= 0.3 is 0 Å². The summed E-state index contributed by atoms with van der Waals surface area (Å²) < 4.78 is 0. The molecule has 0 saturated carbocycles. The second-order valence-electron chi connectivity index (χ2n) is 1.52. The predicted octanol–water partition coefficient (Wildman–Crippen LogP) is -1.41. The van der Waals surface area contributed by atoms with Gasteiger partial charge in [-0.25, -0.2) is 0 Å². The van der Waals surface area contributed by atoms with Crippen LogP contribution in [0.25, 0.3) is 0 Å². The monoisotopic (exact) mass is 141 g/mol. The first-order valence-corrected chi connectivity index (χ1v) is 2.91. The summed E-state index contributed by atoms with van der Waals surface area (Å²) in [4.78, 5) is 3.73. The number of nitrogens with two attached hydrogens (primary N) is 1. The van der Waals surface area contributed by atoms with Crippen LogP contribution >= 0.6 is 0 Å². The van der Waals surface area contributed by atoms with Gasteiger partial charge in [0, 0.05) is 20.1 Å². The number of nitriles is 1. The van der Waals surface area contributed by atoms with Gasteiger partial charge in [-0.3, -0.25) is 10.3 Å². The van der Waals surface area contributed by atoms with E-state index in [-0.39, 0.29) is 0 Å². The van der Waals surface area contributed by atoms with Crippen molar-refractivity contribution in [3.05, 3.63) is 0 Å². The molecule has 5 nitrogen and oxygen atoms in total. The standard InChI is InChI=1S/C5H11N5/c1-8-5(10-4-7)9-3-2-6/h2-3,6H2,1H3,(H2,8,9,10). The molecule has 0 saturated heterocycles. The number of nitrogens with zero attached hydrogens (tertiary/aromatic N) is 2. The van der Waals surface area contributed by atoms with E-state index in [9.17, 15) is 0 Å². The van der Waals surface area contributed by atoms with Crippen molar-refractivity contribution in [2.75, 3.05) is 20.1 Å². The first kappa shape index (κ1) is 8.72. The Hall–Kier alpha value is -1.28. The minimum Gasteiger partial charge on any atom is -0.354 e. The van der Waals surface area contributed by atoms with E-state index in [1.807, 2.05) is 0 Å². The molecule has 5 heteroatoms. The zero-order valence-corrected chi connectivity index (χ0v) is 5.89. The van der Waals surface area contributed by atoms with E-state index in [4.69, 9.17) is 11.0 Å². The van der Waals surface area contributed by atoms with E-state index < -0.39 is 0 Å². The normalized spacial score (nSPS) is 10.3. The zero-order chi connectivity index (χ0) is 7.82. The van der Waals surface area contributed by atoms with E-state index in [0.29, 0.717) is 19.0 Å². The van der Waals surface area contributed by atoms with Crippen molar-refractivity contribution < 1.29 is 0 Å². The van der Waals surface area contributed by atoms with E-state index in [2.05, 4.69) is 15.6 Å². The summed E-state index contributed by atoms with van der Waals surface area (Å²) in [6.45, 7) is 1.13. The summed E-state index contributed by atoms with van der Waals surface area (Å²) in [6, 6.07) is 0. The van der Waals surface area contributed by atoms with Gasteiger partial charge in [-0.1, -0.05) is 0 Å². The maximum atomic E-state index is 8.15. The Kier molecular flexibility index (Phi) is 5.10. The fraction of sp³-hybridized carbons (Fsp3) is 0.600. The van der Waals surface area contributed by atoms with Crippen LogP contribution in [0.1, 0.15) is 0 Å². The lowest BCUT2D eigenvalue weighted by Crippen LogP contribution is -2.37. The minimum atomic E-state index is 0.452. The van der Waals surface area contributed by atoms with Gasteiger partial charge in [0.15, 0.2) is 6.19 Å². The fourth-order valence-corrected chi connectivity index (χ4v) is 0.423. The van der Waals surface area contributed by atoms with Crippen LogP contribution in [-0.2, 0) is 0 Å². The number of nitrogens with one attached hydrogen (secondary N) is 2. The molecule has 0 spiro atoms. The summed E-state index contributed by atoms with van der Waals surface area (Å²) >= 11 is 0. The molecule has 4 N–H and O–H groups in total. The van der Waals surface area contributed by atoms with Crippen LogP contribution in [0.5, 0.6) is 0 Å². The maximum Gasteiger partial charge on any atom is 0.204 e. The highest BCUT2D eigenvalue weighted by atomic mass is 15.2. The first-order valence-electron chi connectivity index (χ1n) is 2.91. The second kappa shape index (κ2) is 5.85. The lowest BCUT2D eigenvalue weighted by Gasteiger charge is -2.03. The number of guanidine groups is 1. The number of hydrogen-bond donors (Lipinski definition) is 3. The molecule has 0 aliphatic heterocycles. The van der Waals surface area contributed by atoms with Crippen molar-refractivity contribution in [3.8, 4) is 6.19 Å². The van der Waals surface area contributed by atoms with Gasteiger partial charge < -0.3 is 11.1 Å². The second-order valence-corrected chi connectivity index (χ2v) is 1.52. The molecule has 0 atom stereocenters. The highest BCUT2D eigenvalue weighted by molar-refractivity contribution is 5.80. The molecule has 0 aromatic carbocycles. The largest absolute Gasteiger partial charge is 0.354 e. The Morgan fingerprint density at radius 3 is 2.90 bits per heavy atom. The third kappa shape index (κ3) is 3.69. The van der Waals surface area contributed by atoms with Gasteiger partial charge in [0.2, 0.25) is 5.96 Å². The molecule has 0 unspecified atom stereocenters. The van der Waals surface area contributed by atoms with Gasteiger partial charge in [0.05, 0.1) is 0 Å². The quantitative estimate of drug-likeness (QED) is 0.191. The Bertz CT molecular complexity index is 145.